The minimum atomic E-state index is -7.22. The van der Waals surface area contributed by atoms with E-state index in [1.54, 1.807) is 31.2 Å². The molecule has 0 spiro atoms. The number of carbonyl (C=O) groups is 2. The first-order valence-electron chi connectivity index (χ1n) is 17.4. The van der Waals surface area contributed by atoms with Gasteiger partial charge in [-0.05, 0) is 19.1 Å². The fourth-order valence-corrected chi connectivity index (χ4v) is 6.68. The number of carbonyl (C=O) groups excluding carboxylic acids is 2. The number of hydrogen-bond donors (Lipinski definition) is 0. The van der Waals surface area contributed by atoms with E-state index in [1.807, 2.05) is 35.2 Å². The summed E-state index contributed by atoms with van der Waals surface area (Å²) in [4.78, 5) is 23.6. The first kappa shape index (κ1) is 49.1. The Morgan fingerprint density at radius 1 is 0.400 bits per heavy atom. The van der Waals surface area contributed by atoms with Crippen LogP contribution in [0.25, 0.3) is 0 Å². The zero-order valence-electron chi connectivity index (χ0n) is 31.4. The molecule has 0 bridgehead atoms. The van der Waals surface area contributed by atoms with E-state index in [0.29, 0.717) is 17.7 Å². The van der Waals surface area contributed by atoms with Crippen LogP contribution in [0.4, 0.5) is 87.8 Å². The van der Waals surface area contributed by atoms with Gasteiger partial charge < -0.3 is 4.74 Å². The summed E-state index contributed by atoms with van der Waals surface area (Å²) in [6.07, 6.45) is -3.54. The minimum absolute atomic E-state index is 0.00314. The third-order valence-electron chi connectivity index (χ3n) is 9.53. The van der Waals surface area contributed by atoms with Crippen LogP contribution in [0.15, 0.2) is 54.9 Å². The van der Waals surface area contributed by atoms with Crippen LogP contribution >= 0.6 is 0 Å². The summed E-state index contributed by atoms with van der Waals surface area (Å²) < 4.78 is 301. The summed E-state index contributed by atoms with van der Waals surface area (Å²) in [6.45, 7) is 2.37. The van der Waals surface area contributed by atoms with Crippen LogP contribution in [0, 0.1) is 116 Å². The van der Waals surface area contributed by atoms with Crippen molar-refractivity contribution in [2.45, 2.75) is 13.5 Å². The van der Waals surface area contributed by atoms with Gasteiger partial charge in [-0.1, -0.05) is 18.2 Å². The summed E-state index contributed by atoms with van der Waals surface area (Å²) in [7, 11) is 0. The van der Waals surface area contributed by atoms with Crippen LogP contribution in [-0.4, -0.2) is 24.5 Å². The zero-order valence-corrected chi connectivity index (χ0v) is 31.4. The molecule has 25 heteroatoms. The Morgan fingerprint density at radius 3 is 0.908 bits per heavy atom. The van der Waals surface area contributed by atoms with Gasteiger partial charge in [-0.3, -0.25) is 4.79 Å². The van der Waals surface area contributed by atoms with Gasteiger partial charge in [0.05, 0.1) is 12.2 Å². The molecule has 65 heavy (non-hydrogen) atoms. The summed E-state index contributed by atoms with van der Waals surface area (Å²) in [5, 5.41) is 0. The number of esters is 1. The van der Waals surface area contributed by atoms with Gasteiger partial charge in [0.2, 0.25) is 12.3 Å². The van der Waals surface area contributed by atoms with E-state index in [4.69, 9.17) is 4.74 Å². The molecule has 0 fully saturated rings. The quantitative estimate of drug-likeness (QED) is 0.0282. The van der Waals surface area contributed by atoms with Crippen LogP contribution in [0.5, 0.6) is 0 Å². The third-order valence-corrected chi connectivity index (χ3v) is 9.53. The molecule has 0 radical (unpaired) electrons. The van der Waals surface area contributed by atoms with Crippen LogP contribution in [-0.2, 0) is 11.3 Å². The fraction of sp³-hybridized carbons (Fsp3) is 0.0750. The second-order valence-electron chi connectivity index (χ2n) is 13.1. The highest BCUT2D eigenvalue weighted by atomic mass is 19.2. The van der Waals surface area contributed by atoms with Gasteiger partial charge in [0.1, 0.15) is 52.7 Å². The van der Waals surface area contributed by atoms with Crippen molar-refractivity contribution >= 4 is 39.7 Å². The summed E-state index contributed by atoms with van der Waals surface area (Å²) >= 11 is 0. The normalized spacial score (nSPS) is 11.4. The van der Waals surface area contributed by atoms with Crippen LogP contribution in [0.1, 0.15) is 27.6 Å². The van der Waals surface area contributed by atoms with Crippen molar-refractivity contribution < 1.29 is 107 Å². The largest absolute Gasteiger partial charge is 0.462 e. The van der Waals surface area contributed by atoms with Crippen molar-refractivity contribution in [2.24, 2.45) is 0 Å². The molecule has 0 saturated heterocycles. The topological polar surface area (TPSA) is 47.3 Å². The van der Waals surface area contributed by atoms with E-state index >= 15 is 35.1 Å². The fourth-order valence-electron chi connectivity index (χ4n) is 6.68. The maximum absolute atomic E-state index is 15.4. The lowest BCUT2D eigenvalue weighted by molar-refractivity contribution is -0.683. The molecule has 0 aliphatic rings. The standard InChI is InChI=1S/C24BF20.C16H16NO3/c26-5-1(6(27)14(35)21(42)13(5)34)25(2-7(28)15(36)22(43)16(37)8(2)29,3-9(30)17(38)23(44)18(39)10(3)31)4-11(32)19(40)24(45)20(41)12(4)33;1-2-20-16(19)14-8-6-13(7-9-14)15(18)12-17-10-4-3-5-11-17/h;3-11H,2,12H2,1H3/q-1;+1. The monoisotopic (exact) mass is 949 g/mol. The Balaban J connectivity index is 0.000000330. The molecular weight excluding hydrogens is 933 g/mol. The Morgan fingerprint density at radius 2 is 0.646 bits per heavy atom. The lowest BCUT2D eigenvalue weighted by Crippen LogP contribution is -2.81. The minimum Gasteiger partial charge on any atom is -0.462 e. The number of halogens is 20. The predicted molar refractivity (Wildman–Crippen MR) is 183 cm³/mol. The predicted octanol–water partition coefficient (Wildman–Crippen LogP) is 7.88. The van der Waals surface area contributed by atoms with E-state index in [2.05, 4.69) is 0 Å². The summed E-state index contributed by atoms with van der Waals surface area (Å²) in [5.41, 5.74) is -13.3. The summed E-state index contributed by atoms with van der Waals surface area (Å²) in [5.74, 6) is -71.8. The van der Waals surface area contributed by atoms with Gasteiger partial charge in [0.15, 0.2) is 82.2 Å². The van der Waals surface area contributed by atoms with E-state index in [-0.39, 0.29) is 18.3 Å². The smallest absolute Gasteiger partial charge is 0.338 e. The van der Waals surface area contributed by atoms with E-state index in [1.165, 1.54) is 0 Å². The number of Topliss-reactive ketones (excluding diaryl/α,β-unsaturated/α-hetero) is 1. The highest BCUT2D eigenvalue weighted by Crippen LogP contribution is 2.30. The number of aromatic nitrogens is 1. The molecule has 1 aromatic heterocycles. The molecule has 4 nitrogen and oxygen atoms in total. The Bertz CT molecular complexity index is 2520. The lowest BCUT2D eigenvalue weighted by atomic mass is 9.12. The van der Waals surface area contributed by atoms with Crippen molar-refractivity contribution in [3.05, 3.63) is 182 Å². The molecule has 1 heterocycles. The number of pyridine rings is 1. The highest BCUT2D eigenvalue weighted by molar-refractivity contribution is 7.20. The van der Waals surface area contributed by atoms with Crippen LogP contribution in [0.3, 0.4) is 0 Å². The first-order valence-corrected chi connectivity index (χ1v) is 17.4. The molecule has 0 atom stereocenters. The van der Waals surface area contributed by atoms with Gasteiger partial charge in [-0.25, -0.2) is 92.6 Å². The third kappa shape index (κ3) is 8.11. The average Bonchev–Trinajstić information content (AvgIpc) is 3.29. The highest BCUT2D eigenvalue weighted by Gasteiger charge is 2.52. The van der Waals surface area contributed by atoms with Crippen LogP contribution in [0.2, 0.25) is 0 Å². The molecule has 0 amide bonds. The number of rotatable bonds is 9. The van der Waals surface area contributed by atoms with Crippen molar-refractivity contribution in [1.29, 1.82) is 0 Å². The Labute approximate surface area is 348 Å². The van der Waals surface area contributed by atoms with Gasteiger partial charge in [-0.15, -0.1) is 21.9 Å². The second-order valence-corrected chi connectivity index (χ2v) is 13.1. The number of ether oxygens (including phenoxy) is 1. The molecule has 0 saturated carbocycles. The molecule has 0 aliphatic heterocycles. The number of hydrogen-bond acceptors (Lipinski definition) is 3. The van der Waals surface area contributed by atoms with Gasteiger partial charge in [-0.2, -0.15) is 4.57 Å². The molecule has 0 aliphatic carbocycles. The first-order chi connectivity index (χ1) is 30.4. The van der Waals surface area contributed by atoms with E-state index < -0.39 is 144 Å². The van der Waals surface area contributed by atoms with Gasteiger partial charge >= 0.3 is 5.97 Å². The Kier molecular flexibility index (Phi) is 14.1. The number of benzene rings is 5. The van der Waals surface area contributed by atoms with Gasteiger partial charge in [0.25, 0.3) is 0 Å². The SMILES string of the molecule is CCOC(=O)c1ccc(C(=O)C[n+]2ccccc2)cc1.Fc1c(F)c(F)c([B-](c2c(F)c(F)c(F)c(F)c2F)(c2c(F)c(F)c(F)c(F)c2F)c2c(F)c(F)c(F)c(F)c2F)c(F)c1F. The molecule has 5 aromatic carbocycles. The van der Waals surface area contributed by atoms with Crippen molar-refractivity contribution in [1.82, 2.24) is 0 Å². The second kappa shape index (κ2) is 18.6. The zero-order chi connectivity index (χ0) is 48.7. The van der Waals surface area contributed by atoms with Crippen molar-refractivity contribution in [3.8, 4) is 0 Å². The number of nitrogens with zero attached hydrogens (tertiary/aromatic N) is 1. The van der Waals surface area contributed by atoms with Crippen molar-refractivity contribution in [2.75, 3.05) is 6.61 Å². The lowest BCUT2D eigenvalue weighted by Gasteiger charge is -2.44. The maximum Gasteiger partial charge on any atom is 0.338 e. The number of ketones is 1. The average molecular weight is 949 g/mol. The van der Waals surface area contributed by atoms with Crippen LogP contribution < -0.4 is 26.4 Å². The molecular formula is C40H16BF20NO3. The van der Waals surface area contributed by atoms with E-state index in [0.717, 1.165) is 0 Å². The molecule has 6 aromatic rings. The molecule has 6 rings (SSSR count). The molecule has 0 unspecified atom stereocenters. The maximum atomic E-state index is 15.4. The van der Waals surface area contributed by atoms with E-state index in [9.17, 15) is 62.3 Å². The van der Waals surface area contributed by atoms with Gasteiger partial charge in [0, 0.05) is 17.7 Å². The summed E-state index contributed by atoms with van der Waals surface area (Å²) in [6, 6.07) is 12.2. The molecule has 0 N–H and O–H groups in total. The van der Waals surface area contributed by atoms with Crippen molar-refractivity contribution in [3.63, 3.8) is 0 Å². The Hall–Kier alpha value is -6.95. The molecule has 342 valence electrons.